The van der Waals surface area contributed by atoms with Crippen LogP contribution in [0.3, 0.4) is 0 Å². The zero-order valence-corrected chi connectivity index (χ0v) is 17.2. The molecule has 0 nitrogen and oxygen atoms in total. The first-order valence-corrected chi connectivity index (χ1v) is 9.89. The molecular weight excluding hydrogens is 345 g/mol. The molecule has 0 spiro atoms. The summed E-state index contributed by atoms with van der Waals surface area (Å²) in [5.74, 6) is -0.951. The van der Waals surface area contributed by atoms with Crippen LogP contribution < -0.4 is 0 Å². The van der Waals surface area contributed by atoms with Crippen LogP contribution in [0.15, 0.2) is 30.3 Å². The molecule has 2 aromatic carbocycles. The van der Waals surface area contributed by atoms with Crippen LogP contribution in [0.4, 0.5) is 13.2 Å². The maximum absolute atomic E-state index is 14.4. The first kappa shape index (κ1) is 21.5. The van der Waals surface area contributed by atoms with Gasteiger partial charge in [-0.05, 0) is 71.4 Å². The van der Waals surface area contributed by atoms with Gasteiger partial charge in [0, 0.05) is 5.56 Å². The van der Waals surface area contributed by atoms with Gasteiger partial charge in [-0.25, -0.2) is 13.2 Å². The van der Waals surface area contributed by atoms with Crippen LogP contribution in [-0.2, 0) is 0 Å². The van der Waals surface area contributed by atoms with Crippen molar-refractivity contribution in [2.45, 2.75) is 78.1 Å². The minimum atomic E-state index is -0.477. The Hall–Kier alpha value is -1.77. The third-order valence-electron chi connectivity index (χ3n) is 5.50. The van der Waals surface area contributed by atoms with Crippen molar-refractivity contribution in [2.75, 3.05) is 0 Å². The minimum absolute atomic E-state index is 0.00987. The lowest BCUT2D eigenvalue weighted by Crippen LogP contribution is -2.05. The van der Waals surface area contributed by atoms with Crippen molar-refractivity contribution < 1.29 is 13.2 Å². The minimum Gasteiger partial charge on any atom is -0.207 e. The summed E-state index contributed by atoms with van der Waals surface area (Å²) in [6, 6.07) is 8.38. The Bertz CT molecular complexity index is 754. The van der Waals surface area contributed by atoms with Crippen molar-refractivity contribution in [1.29, 1.82) is 0 Å². The second-order valence-corrected chi connectivity index (χ2v) is 8.37. The molecule has 0 aliphatic heterocycles. The molecule has 0 aliphatic carbocycles. The predicted molar refractivity (Wildman–Crippen MR) is 107 cm³/mol. The maximum Gasteiger partial charge on any atom is 0.129 e. The quantitative estimate of drug-likeness (QED) is 0.459. The first-order chi connectivity index (χ1) is 12.6. The molecule has 0 saturated heterocycles. The Morgan fingerprint density at radius 1 is 0.630 bits per heavy atom. The number of hydrogen-bond donors (Lipinski definition) is 0. The largest absolute Gasteiger partial charge is 0.207 e. The lowest BCUT2D eigenvalue weighted by Gasteiger charge is -2.19. The fourth-order valence-corrected chi connectivity index (χ4v) is 3.56. The van der Waals surface area contributed by atoms with Crippen molar-refractivity contribution in [1.82, 2.24) is 0 Å². The lowest BCUT2D eigenvalue weighted by molar-refractivity contribution is 0.519. The highest BCUT2D eigenvalue weighted by Gasteiger charge is 2.19. The third-order valence-corrected chi connectivity index (χ3v) is 5.50. The zero-order chi connectivity index (χ0) is 20.3. The van der Waals surface area contributed by atoms with E-state index in [1.54, 1.807) is 19.9 Å². The molecular formula is C24H31F3. The molecule has 2 atom stereocenters. The van der Waals surface area contributed by atoms with Crippen molar-refractivity contribution in [3.63, 3.8) is 0 Å². The summed E-state index contributed by atoms with van der Waals surface area (Å²) in [4.78, 5) is 0. The fraction of sp³-hybridized carbons (Fsp3) is 0.500. The Morgan fingerprint density at radius 3 is 1.63 bits per heavy atom. The smallest absolute Gasteiger partial charge is 0.129 e. The molecule has 2 rings (SSSR count). The van der Waals surface area contributed by atoms with E-state index in [1.165, 1.54) is 12.1 Å². The molecule has 0 saturated carbocycles. The van der Waals surface area contributed by atoms with Crippen LogP contribution in [-0.4, -0.2) is 0 Å². The highest BCUT2D eigenvalue weighted by molar-refractivity contribution is 5.31. The van der Waals surface area contributed by atoms with Gasteiger partial charge in [0.15, 0.2) is 0 Å². The molecule has 0 aromatic heterocycles. The van der Waals surface area contributed by atoms with Crippen LogP contribution >= 0.6 is 0 Å². The second-order valence-electron chi connectivity index (χ2n) is 8.37. The van der Waals surface area contributed by atoms with Crippen molar-refractivity contribution in [3.05, 3.63) is 70.0 Å². The number of rotatable bonds is 7. The Labute approximate surface area is 161 Å². The van der Waals surface area contributed by atoms with E-state index in [-0.39, 0.29) is 29.1 Å². The molecule has 2 unspecified atom stereocenters. The molecule has 0 aliphatic rings. The first-order valence-electron chi connectivity index (χ1n) is 9.89. The van der Waals surface area contributed by atoms with Crippen LogP contribution in [0.2, 0.25) is 0 Å². The van der Waals surface area contributed by atoms with Gasteiger partial charge in [-0.3, -0.25) is 0 Å². The summed E-state index contributed by atoms with van der Waals surface area (Å²) in [6.45, 7) is 11.6. The van der Waals surface area contributed by atoms with Gasteiger partial charge in [0.25, 0.3) is 0 Å². The van der Waals surface area contributed by atoms with E-state index in [0.29, 0.717) is 17.0 Å². The van der Waals surface area contributed by atoms with Gasteiger partial charge in [-0.15, -0.1) is 0 Å². The molecule has 0 radical (unpaired) electrons. The molecule has 3 heteroatoms. The van der Waals surface area contributed by atoms with Gasteiger partial charge in [-0.2, -0.15) is 0 Å². The van der Waals surface area contributed by atoms with Gasteiger partial charge in [0.1, 0.15) is 17.5 Å². The van der Waals surface area contributed by atoms with Crippen molar-refractivity contribution in [2.24, 2.45) is 0 Å². The summed E-state index contributed by atoms with van der Waals surface area (Å²) in [5.41, 5.74) is 2.51. The van der Waals surface area contributed by atoms with Gasteiger partial charge < -0.3 is 0 Å². The summed E-state index contributed by atoms with van der Waals surface area (Å²) < 4.78 is 42.9. The van der Waals surface area contributed by atoms with E-state index < -0.39 is 11.6 Å². The molecule has 0 amide bonds. The summed E-state index contributed by atoms with van der Waals surface area (Å²) in [7, 11) is 0. The standard InChI is InChI=1S/C24H31F3/c1-14(2)18-9-10-20(21(25)11-18)17(6)8-7-16(5)19-12-22(26)24(15(3)4)23(27)13-19/h9-17H,7-8H2,1-6H3. The van der Waals surface area contributed by atoms with E-state index in [2.05, 4.69) is 0 Å². The molecule has 27 heavy (non-hydrogen) atoms. The van der Waals surface area contributed by atoms with Crippen LogP contribution in [0.25, 0.3) is 0 Å². The Balaban J connectivity index is 2.08. The highest BCUT2D eigenvalue weighted by Crippen LogP contribution is 2.32. The number of benzene rings is 2. The van der Waals surface area contributed by atoms with Gasteiger partial charge >= 0.3 is 0 Å². The predicted octanol–water partition coefficient (Wildman–Crippen LogP) is 8.04. The molecule has 0 fully saturated rings. The summed E-state index contributed by atoms with van der Waals surface area (Å²) >= 11 is 0. The van der Waals surface area contributed by atoms with E-state index in [1.807, 2.05) is 39.8 Å². The second kappa shape index (κ2) is 8.95. The summed E-state index contributed by atoms with van der Waals surface area (Å²) in [6.07, 6.45) is 1.50. The number of halogens is 3. The topological polar surface area (TPSA) is 0 Å². The molecule has 0 N–H and O–H groups in total. The Morgan fingerprint density at radius 2 is 1.15 bits per heavy atom. The van der Waals surface area contributed by atoms with E-state index >= 15 is 0 Å². The SMILES string of the molecule is CC(C)c1ccc(C(C)CCC(C)c2cc(F)c(C(C)C)c(F)c2)c(F)c1. The average Bonchev–Trinajstić information content (AvgIpc) is 2.58. The maximum atomic E-state index is 14.4. The lowest BCUT2D eigenvalue weighted by atomic mass is 9.87. The van der Waals surface area contributed by atoms with E-state index in [4.69, 9.17) is 0 Å². The van der Waals surface area contributed by atoms with Crippen LogP contribution in [0, 0.1) is 17.5 Å². The zero-order valence-electron chi connectivity index (χ0n) is 17.2. The van der Waals surface area contributed by atoms with Crippen molar-refractivity contribution in [3.8, 4) is 0 Å². The van der Waals surface area contributed by atoms with Crippen molar-refractivity contribution >= 4 is 0 Å². The van der Waals surface area contributed by atoms with Gasteiger partial charge in [0.05, 0.1) is 0 Å². The van der Waals surface area contributed by atoms with E-state index in [0.717, 1.165) is 18.4 Å². The Kier molecular flexibility index (Phi) is 7.13. The van der Waals surface area contributed by atoms with Crippen LogP contribution in [0.5, 0.6) is 0 Å². The summed E-state index contributed by atoms with van der Waals surface area (Å²) in [5, 5.41) is 0. The molecule has 0 heterocycles. The highest BCUT2D eigenvalue weighted by atomic mass is 19.1. The molecule has 148 valence electrons. The number of hydrogen-bond acceptors (Lipinski definition) is 0. The van der Waals surface area contributed by atoms with E-state index in [9.17, 15) is 13.2 Å². The third kappa shape index (κ3) is 5.15. The fourth-order valence-electron chi connectivity index (χ4n) is 3.56. The van der Waals surface area contributed by atoms with Gasteiger partial charge in [-0.1, -0.05) is 53.7 Å². The normalized spacial score (nSPS) is 14.0. The average molecular weight is 377 g/mol. The monoisotopic (exact) mass is 376 g/mol. The molecule has 0 bridgehead atoms. The van der Waals surface area contributed by atoms with Gasteiger partial charge in [0.2, 0.25) is 0 Å². The molecule has 2 aromatic rings. The van der Waals surface area contributed by atoms with Crippen LogP contribution in [0.1, 0.15) is 100 Å².